The van der Waals surface area contributed by atoms with E-state index in [0.29, 0.717) is 6.54 Å². The molecule has 0 saturated carbocycles. The molecule has 0 aliphatic rings. The summed E-state index contributed by atoms with van der Waals surface area (Å²) in [4.78, 5) is 23.4. The molecule has 0 spiro atoms. The Hall–Kier alpha value is -0.840. The van der Waals surface area contributed by atoms with E-state index in [9.17, 15) is 9.59 Å². The molecule has 0 saturated heterocycles. The summed E-state index contributed by atoms with van der Waals surface area (Å²) in [5.74, 6) is 0. The molecule has 0 N–H and O–H groups in total. The van der Waals surface area contributed by atoms with Crippen LogP contribution < -0.4 is 11.2 Å². The SMILES string of the molecule is Cc1cc(=O)n(C)c(=O)n1CCCCCCCCCBr. The van der Waals surface area contributed by atoms with E-state index in [1.165, 1.54) is 49.8 Å². The van der Waals surface area contributed by atoms with Gasteiger partial charge in [0.2, 0.25) is 0 Å². The van der Waals surface area contributed by atoms with Gasteiger partial charge < -0.3 is 0 Å². The number of halogens is 1. The van der Waals surface area contributed by atoms with Crippen molar-refractivity contribution in [3.05, 3.63) is 32.6 Å². The van der Waals surface area contributed by atoms with Gasteiger partial charge in [-0.2, -0.15) is 0 Å². The summed E-state index contributed by atoms with van der Waals surface area (Å²) in [6.45, 7) is 2.53. The average Bonchev–Trinajstić information content (AvgIpc) is 2.42. The minimum Gasteiger partial charge on any atom is -0.298 e. The topological polar surface area (TPSA) is 44.0 Å². The highest BCUT2D eigenvalue weighted by Gasteiger charge is 2.05. The van der Waals surface area contributed by atoms with E-state index in [2.05, 4.69) is 15.9 Å². The van der Waals surface area contributed by atoms with Crippen molar-refractivity contribution in [1.82, 2.24) is 9.13 Å². The van der Waals surface area contributed by atoms with E-state index in [-0.39, 0.29) is 11.2 Å². The van der Waals surface area contributed by atoms with E-state index in [1.807, 2.05) is 6.92 Å². The van der Waals surface area contributed by atoms with Gasteiger partial charge >= 0.3 is 5.69 Å². The monoisotopic (exact) mass is 344 g/mol. The molecule has 0 radical (unpaired) electrons. The fraction of sp³-hybridized carbons (Fsp3) is 0.733. The quantitative estimate of drug-likeness (QED) is 0.510. The number of hydrogen-bond acceptors (Lipinski definition) is 2. The summed E-state index contributed by atoms with van der Waals surface area (Å²) < 4.78 is 2.87. The molecule has 0 amide bonds. The van der Waals surface area contributed by atoms with Crippen molar-refractivity contribution in [2.45, 2.75) is 58.4 Å². The molecular weight excluding hydrogens is 320 g/mol. The Bertz CT molecular complexity index is 520. The van der Waals surface area contributed by atoms with E-state index in [1.54, 1.807) is 4.57 Å². The molecule has 1 heterocycles. The molecule has 0 atom stereocenters. The molecular formula is C15H25BrN2O2. The summed E-state index contributed by atoms with van der Waals surface area (Å²) in [5, 5.41) is 1.10. The molecule has 0 aliphatic heterocycles. The van der Waals surface area contributed by atoms with Crippen LogP contribution in [0.5, 0.6) is 0 Å². The van der Waals surface area contributed by atoms with Crippen molar-refractivity contribution in [3.8, 4) is 0 Å². The van der Waals surface area contributed by atoms with Crippen molar-refractivity contribution in [2.75, 3.05) is 5.33 Å². The Morgan fingerprint density at radius 2 is 1.55 bits per heavy atom. The van der Waals surface area contributed by atoms with Crippen molar-refractivity contribution in [2.24, 2.45) is 7.05 Å². The van der Waals surface area contributed by atoms with Gasteiger partial charge in [0.05, 0.1) is 0 Å². The minimum atomic E-state index is -0.226. The highest BCUT2D eigenvalue weighted by Crippen LogP contribution is 2.08. The summed E-state index contributed by atoms with van der Waals surface area (Å²) in [6.07, 6.45) is 8.48. The van der Waals surface area contributed by atoms with Gasteiger partial charge in [0.1, 0.15) is 0 Å². The number of unbranched alkanes of at least 4 members (excludes halogenated alkanes) is 6. The number of nitrogens with zero attached hydrogens (tertiary/aromatic N) is 2. The maximum absolute atomic E-state index is 12.0. The highest BCUT2D eigenvalue weighted by molar-refractivity contribution is 9.09. The first-order chi connectivity index (χ1) is 9.57. The van der Waals surface area contributed by atoms with Crippen LogP contribution in [0.4, 0.5) is 0 Å². The van der Waals surface area contributed by atoms with Gasteiger partial charge in [-0.05, 0) is 19.8 Å². The van der Waals surface area contributed by atoms with E-state index >= 15 is 0 Å². The molecule has 1 aromatic heterocycles. The molecule has 0 unspecified atom stereocenters. The predicted octanol–water partition coefficient (Wildman–Crippen LogP) is 2.98. The molecule has 20 heavy (non-hydrogen) atoms. The molecule has 5 heteroatoms. The van der Waals surface area contributed by atoms with Crippen LogP contribution in [0.15, 0.2) is 15.7 Å². The fourth-order valence-corrected chi connectivity index (χ4v) is 2.70. The van der Waals surface area contributed by atoms with Gasteiger partial charge in [-0.3, -0.25) is 13.9 Å². The van der Waals surface area contributed by atoms with Crippen molar-refractivity contribution in [1.29, 1.82) is 0 Å². The lowest BCUT2D eigenvalue weighted by Crippen LogP contribution is -2.38. The van der Waals surface area contributed by atoms with Gasteiger partial charge in [0, 0.05) is 30.7 Å². The maximum atomic E-state index is 12.0. The zero-order valence-electron chi connectivity index (χ0n) is 12.5. The van der Waals surface area contributed by atoms with E-state index < -0.39 is 0 Å². The number of alkyl halides is 1. The highest BCUT2D eigenvalue weighted by atomic mass is 79.9. The van der Waals surface area contributed by atoms with Crippen LogP contribution in [-0.2, 0) is 13.6 Å². The van der Waals surface area contributed by atoms with Crippen LogP contribution in [0.2, 0.25) is 0 Å². The molecule has 0 aromatic carbocycles. The Morgan fingerprint density at radius 3 is 2.15 bits per heavy atom. The van der Waals surface area contributed by atoms with Gasteiger partial charge in [0.25, 0.3) is 5.56 Å². The summed E-state index contributed by atoms with van der Waals surface area (Å²) >= 11 is 3.44. The molecule has 0 bridgehead atoms. The second-order valence-electron chi connectivity index (χ2n) is 5.28. The van der Waals surface area contributed by atoms with Crippen LogP contribution >= 0.6 is 15.9 Å². The Labute approximate surface area is 128 Å². The first-order valence-electron chi connectivity index (χ1n) is 7.41. The number of rotatable bonds is 9. The Balaban J connectivity index is 2.35. The summed E-state index contributed by atoms with van der Waals surface area (Å²) in [5.41, 5.74) is 0.332. The summed E-state index contributed by atoms with van der Waals surface area (Å²) in [7, 11) is 1.53. The van der Waals surface area contributed by atoms with Gasteiger partial charge in [-0.25, -0.2) is 4.79 Å². The summed E-state index contributed by atoms with van der Waals surface area (Å²) in [6, 6.07) is 1.53. The molecule has 1 aromatic rings. The Kier molecular flexibility index (Phi) is 7.88. The molecule has 114 valence electrons. The van der Waals surface area contributed by atoms with E-state index in [0.717, 1.165) is 23.9 Å². The number of aryl methyl sites for hydroxylation is 1. The third kappa shape index (κ3) is 5.27. The van der Waals surface area contributed by atoms with Crippen LogP contribution in [0, 0.1) is 6.92 Å². The standard InChI is InChI=1S/C15H25BrN2O2/c1-13-12-14(19)17(2)15(20)18(13)11-9-7-5-3-4-6-8-10-16/h12H,3-11H2,1-2H3. The third-order valence-corrected chi connectivity index (χ3v) is 4.18. The second-order valence-corrected chi connectivity index (χ2v) is 6.07. The van der Waals surface area contributed by atoms with Crippen molar-refractivity contribution < 1.29 is 0 Å². The molecule has 4 nitrogen and oxygen atoms in total. The lowest BCUT2D eigenvalue weighted by atomic mass is 10.1. The first-order valence-corrected chi connectivity index (χ1v) is 8.53. The van der Waals surface area contributed by atoms with E-state index in [4.69, 9.17) is 0 Å². The third-order valence-electron chi connectivity index (χ3n) is 3.62. The fourth-order valence-electron chi connectivity index (χ4n) is 2.30. The second kappa shape index (κ2) is 9.16. The zero-order valence-corrected chi connectivity index (χ0v) is 14.1. The average molecular weight is 345 g/mol. The number of hydrogen-bond donors (Lipinski definition) is 0. The molecule has 0 aliphatic carbocycles. The van der Waals surface area contributed by atoms with Gasteiger partial charge in [0.15, 0.2) is 0 Å². The van der Waals surface area contributed by atoms with Crippen LogP contribution in [0.1, 0.15) is 50.6 Å². The van der Waals surface area contributed by atoms with Crippen LogP contribution in [-0.4, -0.2) is 14.5 Å². The smallest absolute Gasteiger partial charge is 0.298 e. The lowest BCUT2D eigenvalue weighted by Gasteiger charge is -2.10. The van der Waals surface area contributed by atoms with Crippen LogP contribution in [0.3, 0.4) is 0 Å². The zero-order chi connectivity index (χ0) is 15.0. The largest absolute Gasteiger partial charge is 0.330 e. The van der Waals surface area contributed by atoms with Crippen LogP contribution in [0.25, 0.3) is 0 Å². The first kappa shape index (κ1) is 17.2. The van der Waals surface area contributed by atoms with Gasteiger partial charge in [-0.15, -0.1) is 0 Å². The predicted molar refractivity (Wildman–Crippen MR) is 86.8 cm³/mol. The van der Waals surface area contributed by atoms with Crippen molar-refractivity contribution >= 4 is 15.9 Å². The number of aromatic nitrogens is 2. The minimum absolute atomic E-state index is 0.202. The Morgan fingerprint density at radius 1 is 1.00 bits per heavy atom. The normalized spacial score (nSPS) is 10.9. The lowest BCUT2D eigenvalue weighted by molar-refractivity contribution is 0.516. The molecule has 0 fully saturated rings. The van der Waals surface area contributed by atoms with Crippen molar-refractivity contribution in [3.63, 3.8) is 0 Å². The maximum Gasteiger partial charge on any atom is 0.330 e. The van der Waals surface area contributed by atoms with Gasteiger partial charge in [-0.1, -0.05) is 48.0 Å². The molecule has 1 rings (SSSR count).